The number of aliphatic hydroxyl groups is 1. The molecule has 1 aromatic carbocycles. The van der Waals surface area contributed by atoms with Gasteiger partial charge in [0.2, 0.25) is 0 Å². The summed E-state index contributed by atoms with van der Waals surface area (Å²) in [5, 5.41) is 15.1. The fourth-order valence-corrected chi connectivity index (χ4v) is 2.89. The molecule has 0 saturated heterocycles. The molecule has 23 heavy (non-hydrogen) atoms. The average molecular weight is 318 g/mol. The van der Waals surface area contributed by atoms with Gasteiger partial charge in [-0.05, 0) is 36.5 Å². The Morgan fingerprint density at radius 1 is 1.22 bits per heavy atom. The van der Waals surface area contributed by atoms with Crippen LogP contribution in [-0.4, -0.2) is 29.6 Å². The van der Waals surface area contributed by atoms with E-state index in [1.807, 2.05) is 18.2 Å². The molecule has 1 aliphatic carbocycles. The molecule has 1 aromatic rings. The summed E-state index contributed by atoms with van der Waals surface area (Å²) in [7, 11) is 0. The van der Waals surface area contributed by atoms with Crippen LogP contribution in [0.3, 0.4) is 0 Å². The van der Waals surface area contributed by atoms with Crippen molar-refractivity contribution in [3.8, 4) is 0 Å². The van der Waals surface area contributed by atoms with Crippen molar-refractivity contribution < 1.29 is 14.7 Å². The van der Waals surface area contributed by atoms with Gasteiger partial charge in [-0.1, -0.05) is 38.8 Å². The zero-order valence-corrected chi connectivity index (χ0v) is 13.8. The first-order valence-electron chi connectivity index (χ1n) is 8.34. The highest BCUT2D eigenvalue weighted by atomic mass is 16.3. The number of nitrogens with one attached hydrogen (secondary N) is 2. The monoisotopic (exact) mass is 318 g/mol. The molecule has 0 aromatic heterocycles. The van der Waals surface area contributed by atoms with Gasteiger partial charge in [0.25, 0.3) is 0 Å². The first-order chi connectivity index (χ1) is 11.0. The first-order valence-corrected chi connectivity index (χ1v) is 8.34. The number of carbonyl (C=O) groups excluding carboxylic acids is 2. The second-order valence-corrected chi connectivity index (χ2v) is 6.56. The number of hydrogen-bond donors (Lipinski definition) is 3. The SMILES string of the molecule is CC(C)c1cccc(NC(=O)C(=O)NC[C@H]2CCCC[C@@H]2O)c1. The van der Waals surface area contributed by atoms with Crippen molar-refractivity contribution in [1.29, 1.82) is 0 Å². The van der Waals surface area contributed by atoms with Crippen LogP contribution in [0.25, 0.3) is 0 Å². The molecule has 5 nitrogen and oxygen atoms in total. The molecular weight excluding hydrogens is 292 g/mol. The van der Waals surface area contributed by atoms with Gasteiger partial charge in [-0.25, -0.2) is 0 Å². The Morgan fingerprint density at radius 3 is 2.65 bits per heavy atom. The molecule has 5 heteroatoms. The molecule has 0 aliphatic heterocycles. The molecule has 0 unspecified atom stereocenters. The number of carbonyl (C=O) groups is 2. The van der Waals surface area contributed by atoms with E-state index in [4.69, 9.17) is 0 Å². The number of hydrogen-bond acceptors (Lipinski definition) is 3. The Kier molecular flexibility index (Phi) is 6.16. The van der Waals surface area contributed by atoms with Crippen LogP contribution in [0.2, 0.25) is 0 Å². The van der Waals surface area contributed by atoms with E-state index in [1.54, 1.807) is 6.07 Å². The predicted molar refractivity (Wildman–Crippen MR) is 90.1 cm³/mol. The van der Waals surface area contributed by atoms with Gasteiger partial charge in [-0.2, -0.15) is 0 Å². The average Bonchev–Trinajstić information content (AvgIpc) is 2.54. The van der Waals surface area contributed by atoms with E-state index in [0.29, 0.717) is 18.2 Å². The van der Waals surface area contributed by atoms with Gasteiger partial charge in [-0.15, -0.1) is 0 Å². The Morgan fingerprint density at radius 2 is 1.96 bits per heavy atom. The molecule has 0 radical (unpaired) electrons. The third-order valence-electron chi connectivity index (χ3n) is 4.41. The summed E-state index contributed by atoms with van der Waals surface area (Å²) in [5.41, 5.74) is 1.72. The lowest BCUT2D eigenvalue weighted by atomic mass is 9.86. The molecule has 0 spiro atoms. The summed E-state index contributed by atoms with van der Waals surface area (Å²) >= 11 is 0. The van der Waals surface area contributed by atoms with Crippen LogP contribution in [0.1, 0.15) is 51.0 Å². The molecule has 0 heterocycles. The number of amides is 2. The molecule has 2 rings (SSSR count). The van der Waals surface area contributed by atoms with Crippen LogP contribution in [0.15, 0.2) is 24.3 Å². The van der Waals surface area contributed by atoms with Crippen molar-refractivity contribution in [2.24, 2.45) is 5.92 Å². The lowest BCUT2D eigenvalue weighted by Gasteiger charge is -2.27. The maximum atomic E-state index is 12.0. The van der Waals surface area contributed by atoms with Crippen LogP contribution in [0.5, 0.6) is 0 Å². The van der Waals surface area contributed by atoms with Crippen molar-refractivity contribution in [3.63, 3.8) is 0 Å². The first kappa shape index (κ1) is 17.5. The third-order valence-corrected chi connectivity index (χ3v) is 4.41. The van der Waals surface area contributed by atoms with Crippen LogP contribution < -0.4 is 10.6 Å². The molecular formula is C18H26N2O3. The Hall–Kier alpha value is -1.88. The van der Waals surface area contributed by atoms with Crippen molar-refractivity contribution >= 4 is 17.5 Å². The highest BCUT2D eigenvalue weighted by Crippen LogP contribution is 2.23. The van der Waals surface area contributed by atoms with Crippen molar-refractivity contribution in [3.05, 3.63) is 29.8 Å². The largest absolute Gasteiger partial charge is 0.393 e. The van der Waals surface area contributed by atoms with Gasteiger partial charge < -0.3 is 15.7 Å². The smallest absolute Gasteiger partial charge is 0.313 e. The maximum Gasteiger partial charge on any atom is 0.313 e. The zero-order valence-electron chi connectivity index (χ0n) is 13.8. The van der Waals surface area contributed by atoms with Gasteiger partial charge in [0.05, 0.1) is 6.10 Å². The molecule has 2 amide bonds. The standard InChI is InChI=1S/C18H26N2O3/c1-12(2)13-7-5-8-15(10-13)20-18(23)17(22)19-11-14-6-3-4-9-16(14)21/h5,7-8,10,12,14,16,21H,3-4,6,9,11H2,1-2H3,(H,19,22)(H,20,23)/t14-,16+/m1/s1. The van der Waals surface area contributed by atoms with E-state index < -0.39 is 11.8 Å². The summed E-state index contributed by atoms with van der Waals surface area (Å²) in [6.45, 7) is 4.49. The Balaban J connectivity index is 1.85. The van der Waals surface area contributed by atoms with Crippen molar-refractivity contribution in [2.75, 3.05) is 11.9 Å². The number of aliphatic hydroxyl groups excluding tert-OH is 1. The molecule has 1 saturated carbocycles. The van der Waals surface area contributed by atoms with Gasteiger partial charge in [-0.3, -0.25) is 9.59 Å². The van der Waals surface area contributed by atoms with E-state index in [0.717, 1.165) is 31.2 Å². The van der Waals surface area contributed by atoms with Crippen LogP contribution in [0, 0.1) is 5.92 Å². The van der Waals surface area contributed by atoms with Crippen molar-refractivity contribution in [2.45, 2.75) is 51.6 Å². The minimum absolute atomic E-state index is 0.0461. The van der Waals surface area contributed by atoms with Gasteiger partial charge in [0.1, 0.15) is 0 Å². The van der Waals surface area contributed by atoms with E-state index in [2.05, 4.69) is 24.5 Å². The van der Waals surface area contributed by atoms with E-state index in [1.165, 1.54) is 0 Å². The molecule has 126 valence electrons. The predicted octanol–water partition coefficient (Wildman–Crippen LogP) is 2.42. The van der Waals surface area contributed by atoms with Crippen molar-refractivity contribution in [1.82, 2.24) is 5.32 Å². The zero-order chi connectivity index (χ0) is 16.8. The fourth-order valence-electron chi connectivity index (χ4n) is 2.89. The van der Waals surface area contributed by atoms with Gasteiger partial charge in [0, 0.05) is 18.2 Å². The topological polar surface area (TPSA) is 78.4 Å². The van der Waals surface area contributed by atoms with Gasteiger partial charge in [0.15, 0.2) is 0 Å². The Labute approximate surface area is 137 Å². The minimum Gasteiger partial charge on any atom is -0.393 e. The number of rotatable bonds is 4. The molecule has 1 aliphatic rings. The molecule has 2 atom stereocenters. The number of benzene rings is 1. The lowest BCUT2D eigenvalue weighted by molar-refractivity contribution is -0.136. The normalized spacial score (nSPS) is 21.0. The van der Waals surface area contributed by atoms with Crippen LogP contribution in [-0.2, 0) is 9.59 Å². The maximum absolute atomic E-state index is 12.0. The quantitative estimate of drug-likeness (QED) is 0.746. The minimum atomic E-state index is -0.670. The lowest BCUT2D eigenvalue weighted by Crippen LogP contribution is -2.41. The summed E-state index contributed by atoms with van der Waals surface area (Å²) in [5.74, 6) is -0.924. The van der Waals surface area contributed by atoms with E-state index in [9.17, 15) is 14.7 Å². The summed E-state index contributed by atoms with van der Waals surface area (Å²) in [4.78, 5) is 23.9. The fraction of sp³-hybridized carbons (Fsp3) is 0.556. The second kappa shape index (κ2) is 8.11. The van der Waals surface area contributed by atoms with Crippen LogP contribution in [0.4, 0.5) is 5.69 Å². The Bertz CT molecular complexity index is 557. The van der Waals surface area contributed by atoms with Crippen LogP contribution >= 0.6 is 0 Å². The number of anilines is 1. The summed E-state index contributed by atoms with van der Waals surface area (Å²) in [6.07, 6.45) is 3.37. The van der Waals surface area contributed by atoms with E-state index in [-0.39, 0.29) is 12.0 Å². The van der Waals surface area contributed by atoms with E-state index >= 15 is 0 Å². The molecule has 3 N–H and O–H groups in total. The summed E-state index contributed by atoms with van der Waals surface area (Å²) in [6, 6.07) is 7.49. The highest BCUT2D eigenvalue weighted by molar-refractivity contribution is 6.39. The summed E-state index contributed by atoms with van der Waals surface area (Å²) < 4.78 is 0. The molecule has 1 fully saturated rings. The highest BCUT2D eigenvalue weighted by Gasteiger charge is 2.24. The third kappa shape index (κ3) is 5.06. The second-order valence-electron chi connectivity index (χ2n) is 6.56. The van der Waals surface area contributed by atoms with Gasteiger partial charge >= 0.3 is 11.8 Å². The molecule has 0 bridgehead atoms.